The fourth-order valence-electron chi connectivity index (χ4n) is 3.63. The minimum atomic E-state index is -0.461. The smallest absolute Gasteiger partial charge is 0.283 e. The zero-order valence-electron chi connectivity index (χ0n) is 20.4. The Hall–Kier alpha value is -3.59. The summed E-state index contributed by atoms with van der Waals surface area (Å²) < 4.78 is 17.1. The number of aryl methyl sites for hydroxylation is 2. The topological polar surface area (TPSA) is 96.6 Å². The number of amidine groups is 2. The van der Waals surface area contributed by atoms with Gasteiger partial charge in [0.2, 0.25) is 5.17 Å². The molecule has 8 nitrogen and oxygen atoms in total. The molecule has 2 heterocycles. The van der Waals surface area contributed by atoms with Gasteiger partial charge in [0, 0.05) is 5.92 Å². The van der Waals surface area contributed by atoms with Crippen LogP contribution < -0.4 is 14.2 Å². The Bertz CT molecular complexity index is 1250. The summed E-state index contributed by atoms with van der Waals surface area (Å²) in [5, 5.41) is 15.6. The first-order valence-corrected chi connectivity index (χ1v) is 12.1. The van der Waals surface area contributed by atoms with Gasteiger partial charge in [-0.2, -0.15) is 15.1 Å². The van der Waals surface area contributed by atoms with Gasteiger partial charge < -0.3 is 14.2 Å². The maximum absolute atomic E-state index is 12.6. The highest BCUT2D eigenvalue weighted by Gasteiger charge is 2.36. The van der Waals surface area contributed by atoms with Crippen molar-refractivity contribution in [3.8, 4) is 17.2 Å². The highest BCUT2D eigenvalue weighted by Crippen LogP contribution is 2.32. The van der Waals surface area contributed by atoms with Crippen molar-refractivity contribution >= 4 is 39.8 Å². The van der Waals surface area contributed by atoms with Gasteiger partial charge in [0.25, 0.3) is 5.91 Å². The van der Waals surface area contributed by atoms with Gasteiger partial charge in [0.15, 0.2) is 17.3 Å². The first-order valence-electron chi connectivity index (χ1n) is 11.3. The normalized spacial score (nSPS) is 16.4. The van der Waals surface area contributed by atoms with E-state index in [2.05, 4.69) is 16.2 Å². The summed E-state index contributed by atoms with van der Waals surface area (Å²) in [5.41, 5.74) is 3.15. The largest absolute Gasteiger partial charge is 0.493 e. The molecule has 1 N–H and O–H groups in total. The maximum Gasteiger partial charge on any atom is 0.283 e. The number of fused-ring (bicyclic) bond motifs is 1. The molecule has 0 radical (unpaired) electrons. The van der Waals surface area contributed by atoms with Crippen LogP contribution in [0.15, 0.2) is 52.1 Å². The Kier molecular flexibility index (Phi) is 7.25. The van der Waals surface area contributed by atoms with Crippen molar-refractivity contribution < 1.29 is 19.0 Å². The number of rotatable bonds is 8. The van der Waals surface area contributed by atoms with Gasteiger partial charge in [-0.05, 0) is 72.6 Å². The van der Waals surface area contributed by atoms with Crippen molar-refractivity contribution in [2.75, 3.05) is 20.3 Å². The van der Waals surface area contributed by atoms with Crippen LogP contribution in [0.5, 0.6) is 17.2 Å². The van der Waals surface area contributed by atoms with E-state index in [1.165, 1.54) is 16.8 Å². The van der Waals surface area contributed by atoms with E-state index >= 15 is 0 Å². The summed E-state index contributed by atoms with van der Waals surface area (Å²) in [6.07, 6.45) is 1.62. The molecule has 0 unspecified atom stereocenters. The van der Waals surface area contributed by atoms with Gasteiger partial charge >= 0.3 is 0 Å². The van der Waals surface area contributed by atoms with Gasteiger partial charge in [-0.3, -0.25) is 10.2 Å². The number of methoxy groups -OCH3 is 1. The Labute approximate surface area is 209 Å². The molecule has 2 aromatic rings. The number of thioether (sulfide) groups is 1. The van der Waals surface area contributed by atoms with Crippen LogP contribution >= 0.6 is 11.8 Å². The number of nitrogens with zero attached hydrogens (tertiary/aromatic N) is 3. The molecule has 2 aromatic carbocycles. The fraction of sp³-hybridized carbons (Fsp3) is 0.308. The van der Waals surface area contributed by atoms with E-state index in [1.54, 1.807) is 31.4 Å². The molecule has 0 saturated carbocycles. The van der Waals surface area contributed by atoms with E-state index in [0.29, 0.717) is 35.4 Å². The van der Waals surface area contributed by atoms with E-state index in [4.69, 9.17) is 19.6 Å². The molecular weight excluding hydrogens is 464 g/mol. The third-order valence-corrected chi connectivity index (χ3v) is 6.48. The zero-order chi connectivity index (χ0) is 25.1. The van der Waals surface area contributed by atoms with Crippen LogP contribution in [-0.4, -0.2) is 47.3 Å². The highest BCUT2D eigenvalue weighted by molar-refractivity contribution is 8.27. The monoisotopic (exact) mass is 492 g/mol. The third-order valence-electron chi connectivity index (χ3n) is 5.27. The lowest BCUT2D eigenvalue weighted by molar-refractivity contribution is -0.114. The maximum atomic E-state index is 12.6. The first-order chi connectivity index (χ1) is 16.7. The molecule has 0 saturated heterocycles. The molecule has 0 atom stereocenters. The van der Waals surface area contributed by atoms with Gasteiger partial charge in [-0.1, -0.05) is 26.0 Å². The predicted octanol–water partition coefficient (Wildman–Crippen LogP) is 5.05. The minimum Gasteiger partial charge on any atom is -0.493 e. The van der Waals surface area contributed by atoms with Crippen LogP contribution in [0.4, 0.5) is 0 Å². The summed E-state index contributed by atoms with van der Waals surface area (Å²) in [6.45, 7) is 8.82. The first kappa shape index (κ1) is 24.5. The lowest BCUT2D eigenvalue weighted by Crippen LogP contribution is -2.35. The van der Waals surface area contributed by atoms with Crippen molar-refractivity contribution in [2.45, 2.75) is 27.7 Å². The van der Waals surface area contributed by atoms with E-state index in [9.17, 15) is 4.79 Å². The number of carbonyl (C=O) groups excluding carboxylic acids is 1. The molecule has 2 aliphatic heterocycles. The highest BCUT2D eigenvalue weighted by atomic mass is 32.2. The van der Waals surface area contributed by atoms with Crippen molar-refractivity contribution in [3.63, 3.8) is 0 Å². The van der Waals surface area contributed by atoms with Crippen molar-refractivity contribution in [1.29, 1.82) is 5.41 Å². The van der Waals surface area contributed by atoms with Crippen LogP contribution in [0.2, 0.25) is 0 Å². The minimum absolute atomic E-state index is 0.00553. The molecule has 0 spiro atoms. The standard InChI is InChI=1S/C26H28N4O4S/c1-15(2)25-29-30-23(27)20(24(31)28-26(30)35-25)13-18-6-7-21(22(14-18)32-5)34-9-8-33-19-11-16(3)10-17(4)12-19/h6-7,10-15,27H,8-9H2,1-5H3. The molecule has 0 bridgehead atoms. The van der Waals surface area contributed by atoms with Crippen LogP contribution in [0.3, 0.4) is 0 Å². The summed E-state index contributed by atoms with van der Waals surface area (Å²) in [7, 11) is 1.55. The molecule has 0 fully saturated rings. The molecule has 0 aliphatic carbocycles. The number of hydrazone groups is 1. The number of hydrogen-bond acceptors (Lipinski definition) is 7. The number of hydrogen-bond donors (Lipinski definition) is 1. The second-order valence-electron chi connectivity index (χ2n) is 8.54. The molecule has 9 heteroatoms. The zero-order valence-corrected chi connectivity index (χ0v) is 21.2. The van der Waals surface area contributed by atoms with Crippen LogP contribution in [0.1, 0.15) is 30.5 Å². The average Bonchev–Trinajstić information content (AvgIpc) is 3.24. The summed E-state index contributed by atoms with van der Waals surface area (Å²) in [6, 6.07) is 11.4. The van der Waals surface area contributed by atoms with Crippen molar-refractivity contribution in [3.05, 3.63) is 58.7 Å². The average molecular weight is 493 g/mol. The Morgan fingerprint density at radius 1 is 1.06 bits per heavy atom. The Morgan fingerprint density at radius 3 is 2.46 bits per heavy atom. The van der Waals surface area contributed by atoms with Crippen LogP contribution in [0, 0.1) is 25.2 Å². The summed E-state index contributed by atoms with van der Waals surface area (Å²) in [4.78, 5) is 16.7. The number of aliphatic imine (C=N–C) groups is 1. The Balaban J connectivity index is 1.44. The second kappa shape index (κ2) is 10.4. The number of amides is 1. The number of ether oxygens (including phenoxy) is 3. The molecule has 182 valence electrons. The van der Waals surface area contributed by atoms with Crippen LogP contribution in [0.25, 0.3) is 6.08 Å². The summed E-state index contributed by atoms with van der Waals surface area (Å²) >= 11 is 1.33. The van der Waals surface area contributed by atoms with E-state index in [1.807, 2.05) is 39.8 Å². The van der Waals surface area contributed by atoms with Gasteiger partial charge in [-0.25, -0.2) is 0 Å². The SMILES string of the molecule is COc1cc(C=C2C(=N)N3N=C(C(C)C)SC3=NC2=O)ccc1OCCOc1cc(C)cc(C)c1. The molecule has 0 aromatic heterocycles. The van der Waals surface area contributed by atoms with Gasteiger partial charge in [0.05, 0.1) is 12.7 Å². The molecule has 35 heavy (non-hydrogen) atoms. The third kappa shape index (κ3) is 5.57. The number of benzene rings is 2. The lowest BCUT2D eigenvalue weighted by atomic mass is 10.1. The van der Waals surface area contributed by atoms with Crippen molar-refractivity contribution in [1.82, 2.24) is 5.01 Å². The molecule has 2 aliphatic rings. The lowest BCUT2D eigenvalue weighted by Gasteiger charge is -2.20. The van der Waals surface area contributed by atoms with Crippen molar-refractivity contribution in [2.24, 2.45) is 16.0 Å². The van der Waals surface area contributed by atoms with Crippen LogP contribution in [-0.2, 0) is 4.79 Å². The molecule has 1 amide bonds. The van der Waals surface area contributed by atoms with Gasteiger partial charge in [0.1, 0.15) is 24.0 Å². The van der Waals surface area contributed by atoms with E-state index in [-0.39, 0.29) is 17.3 Å². The van der Waals surface area contributed by atoms with E-state index in [0.717, 1.165) is 21.9 Å². The fourth-order valence-corrected chi connectivity index (χ4v) is 4.52. The van der Waals surface area contributed by atoms with E-state index < -0.39 is 5.91 Å². The molecular formula is C26H28N4O4S. The summed E-state index contributed by atoms with van der Waals surface area (Å²) in [5.74, 6) is 1.62. The van der Waals surface area contributed by atoms with Gasteiger partial charge in [-0.15, -0.1) is 0 Å². The quantitative estimate of drug-likeness (QED) is 0.409. The number of nitrogens with one attached hydrogen (secondary N) is 1. The predicted molar refractivity (Wildman–Crippen MR) is 140 cm³/mol. The second-order valence-corrected chi connectivity index (χ2v) is 9.53. The Morgan fingerprint density at radius 2 is 1.77 bits per heavy atom. The molecule has 4 rings (SSSR count). The number of carbonyl (C=O) groups is 1.